The number of primary amides is 1. The largest absolute Gasteiger partial charge is 0.493 e. The number of benzene rings is 1. The Bertz CT molecular complexity index is 571. The number of hydrogen-bond acceptors (Lipinski definition) is 4. The molecule has 1 amide bonds. The first-order valence-corrected chi connectivity index (χ1v) is 6.82. The molecule has 98 valence electrons. The summed E-state index contributed by atoms with van der Waals surface area (Å²) < 4.78 is 11.8. The highest BCUT2D eigenvalue weighted by molar-refractivity contribution is 8.12. The van der Waals surface area contributed by atoms with E-state index in [0.717, 1.165) is 5.46 Å². The number of amides is 1. The molecule has 4 nitrogen and oxygen atoms in total. The molecule has 2 atom stereocenters. The summed E-state index contributed by atoms with van der Waals surface area (Å²) in [6.45, 7) is 3.95. The van der Waals surface area contributed by atoms with Crippen LogP contribution in [0, 0.1) is 0 Å². The molecule has 2 aliphatic heterocycles. The fourth-order valence-electron chi connectivity index (χ4n) is 2.55. The number of hydrogen-bond donors (Lipinski definition) is 2. The maximum Gasteiger partial charge on any atom is 0.493 e. The highest BCUT2D eigenvalue weighted by atomic mass is 35.5. The summed E-state index contributed by atoms with van der Waals surface area (Å²) in [5.74, 6) is -0.487. The summed E-state index contributed by atoms with van der Waals surface area (Å²) in [5.41, 5.74) is 5.51. The quantitative estimate of drug-likeness (QED) is 0.624. The SMILES string of the molecule is CC12OB(c3ccc(C(N)=O)c(Cl)c3)OC1(C)B2S. The van der Waals surface area contributed by atoms with E-state index in [1.807, 2.05) is 13.8 Å². The van der Waals surface area contributed by atoms with Gasteiger partial charge in [0.1, 0.15) is 0 Å². The first-order chi connectivity index (χ1) is 8.79. The average Bonchev–Trinajstić information content (AvgIpc) is 2.64. The minimum absolute atomic E-state index is 0.0663. The maximum atomic E-state index is 11.1. The van der Waals surface area contributed by atoms with Crippen LogP contribution in [0.2, 0.25) is 5.02 Å². The van der Waals surface area contributed by atoms with E-state index < -0.39 is 13.0 Å². The molecule has 2 unspecified atom stereocenters. The number of halogens is 1. The molecule has 19 heavy (non-hydrogen) atoms. The van der Waals surface area contributed by atoms with Crippen molar-refractivity contribution in [3.63, 3.8) is 0 Å². The van der Waals surface area contributed by atoms with Crippen molar-refractivity contribution in [1.82, 2.24) is 0 Å². The first kappa shape index (κ1) is 13.4. The van der Waals surface area contributed by atoms with Crippen molar-refractivity contribution in [3.05, 3.63) is 28.8 Å². The number of carbonyl (C=O) groups excluding carboxylic acids is 1. The summed E-state index contributed by atoms with van der Waals surface area (Å²) in [6.07, 6.45) is 0. The van der Waals surface area contributed by atoms with Crippen molar-refractivity contribution in [2.45, 2.75) is 24.8 Å². The molecule has 0 spiro atoms. The second kappa shape index (κ2) is 3.95. The number of fused-ring (bicyclic) bond motifs is 1. The van der Waals surface area contributed by atoms with Gasteiger partial charge in [-0.15, -0.1) is 0 Å². The first-order valence-electron chi connectivity index (χ1n) is 5.92. The van der Waals surface area contributed by atoms with E-state index >= 15 is 0 Å². The van der Waals surface area contributed by atoms with Gasteiger partial charge in [0.05, 0.1) is 21.6 Å². The van der Waals surface area contributed by atoms with E-state index in [4.69, 9.17) is 26.6 Å². The lowest BCUT2D eigenvalue weighted by molar-refractivity contribution is 0.100. The van der Waals surface area contributed by atoms with Crippen molar-refractivity contribution in [2.24, 2.45) is 5.73 Å². The molecule has 0 aromatic heterocycles. The lowest BCUT2D eigenvalue weighted by atomic mass is 9.76. The minimum atomic E-state index is -0.554. The normalized spacial score (nSPS) is 32.4. The maximum absolute atomic E-state index is 11.1. The van der Waals surface area contributed by atoms with Gasteiger partial charge in [-0.1, -0.05) is 17.7 Å². The monoisotopic (exact) mass is 295 g/mol. The summed E-state index contributed by atoms with van der Waals surface area (Å²) >= 11 is 10.5. The van der Waals surface area contributed by atoms with Gasteiger partial charge in [0.15, 0.2) is 0 Å². The summed E-state index contributed by atoms with van der Waals surface area (Å²) in [5, 5.41) is 0.301. The third-order valence-electron chi connectivity index (χ3n) is 4.18. The van der Waals surface area contributed by atoms with Gasteiger partial charge in [0.25, 0.3) is 5.99 Å². The Balaban J connectivity index is 1.86. The Labute approximate surface area is 122 Å². The van der Waals surface area contributed by atoms with Crippen molar-refractivity contribution in [3.8, 4) is 0 Å². The topological polar surface area (TPSA) is 61.5 Å². The molecule has 1 aromatic carbocycles. The number of nitrogens with two attached hydrogens (primary N) is 1. The van der Waals surface area contributed by atoms with Crippen LogP contribution in [0.15, 0.2) is 18.2 Å². The molecule has 3 rings (SSSR count). The van der Waals surface area contributed by atoms with Crippen LogP contribution in [-0.2, 0) is 9.31 Å². The molecule has 2 saturated heterocycles. The van der Waals surface area contributed by atoms with Crippen LogP contribution in [0.5, 0.6) is 0 Å². The Morgan fingerprint density at radius 2 is 1.95 bits per heavy atom. The lowest BCUT2D eigenvalue weighted by Gasteiger charge is -2.13. The van der Waals surface area contributed by atoms with Gasteiger partial charge in [-0.2, -0.15) is 0 Å². The standard InChI is InChI=1S/C11H12B2ClNO3S/c1-10-11(2,13(10)19)18-12(17-10)6-3-4-7(9(15)16)8(14)5-6/h3-5,19H,1-2H3,(H2,15,16). The van der Waals surface area contributed by atoms with Crippen molar-refractivity contribution < 1.29 is 14.1 Å². The molecule has 0 radical (unpaired) electrons. The lowest BCUT2D eigenvalue weighted by Crippen LogP contribution is -2.38. The van der Waals surface area contributed by atoms with E-state index in [0.29, 0.717) is 5.02 Å². The predicted octanol–water partition coefficient (Wildman–Crippen LogP) is 0.712. The third-order valence-corrected chi connectivity index (χ3v) is 5.48. The summed E-state index contributed by atoms with van der Waals surface area (Å²) in [6, 6.07) is 4.97. The van der Waals surface area contributed by atoms with Crippen LogP contribution in [0.1, 0.15) is 24.2 Å². The Kier molecular flexibility index (Phi) is 2.78. The Hall–Kier alpha value is -0.620. The van der Waals surface area contributed by atoms with E-state index in [2.05, 4.69) is 12.5 Å². The second-order valence-corrected chi connectivity index (χ2v) is 6.21. The molecule has 2 fully saturated rings. The molecular weight excluding hydrogens is 283 g/mol. The molecule has 0 aliphatic carbocycles. The number of rotatable bonds is 2. The highest BCUT2D eigenvalue weighted by Crippen LogP contribution is 2.58. The second-order valence-electron chi connectivity index (χ2n) is 5.29. The van der Waals surface area contributed by atoms with Crippen LogP contribution in [0.4, 0.5) is 0 Å². The van der Waals surface area contributed by atoms with E-state index in [1.54, 1.807) is 18.2 Å². The van der Waals surface area contributed by atoms with Crippen molar-refractivity contribution in [1.29, 1.82) is 0 Å². The zero-order valence-corrected chi connectivity index (χ0v) is 12.2. The average molecular weight is 295 g/mol. The molecule has 2 aliphatic rings. The predicted molar refractivity (Wildman–Crippen MR) is 79.1 cm³/mol. The van der Waals surface area contributed by atoms with Crippen LogP contribution >= 0.6 is 24.1 Å². The van der Waals surface area contributed by atoms with Gasteiger partial charge in [-0.25, -0.2) is 12.5 Å². The van der Waals surface area contributed by atoms with Crippen molar-refractivity contribution >= 4 is 48.6 Å². The smallest absolute Gasteiger partial charge is 0.406 e. The fraction of sp³-hybridized carbons (Fsp3) is 0.364. The van der Waals surface area contributed by atoms with Crippen LogP contribution in [0.3, 0.4) is 0 Å². The van der Waals surface area contributed by atoms with E-state index in [-0.39, 0.29) is 22.6 Å². The molecule has 2 heterocycles. The zero-order valence-electron chi connectivity index (χ0n) is 10.5. The van der Waals surface area contributed by atoms with Crippen molar-refractivity contribution in [2.75, 3.05) is 0 Å². The summed E-state index contributed by atoms with van der Waals surface area (Å²) in [4.78, 5) is 11.1. The summed E-state index contributed by atoms with van der Waals surface area (Å²) in [7, 11) is -0.488. The number of thiol groups is 1. The fourth-order valence-corrected chi connectivity index (χ4v) is 3.40. The van der Waals surface area contributed by atoms with E-state index in [1.165, 1.54) is 0 Å². The molecule has 0 saturated carbocycles. The van der Waals surface area contributed by atoms with E-state index in [9.17, 15) is 4.79 Å². The van der Waals surface area contributed by atoms with Crippen LogP contribution in [-0.4, -0.2) is 30.0 Å². The van der Waals surface area contributed by atoms with Gasteiger partial charge in [-0.3, -0.25) is 4.79 Å². The molecule has 8 heteroatoms. The van der Waals surface area contributed by atoms with Gasteiger partial charge >= 0.3 is 7.12 Å². The van der Waals surface area contributed by atoms with Gasteiger partial charge in [0, 0.05) is 0 Å². The molecule has 0 bridgehead atoms. The van der Waals surface area contributed by atoms with Gasteiger partial charge < -0.3 is 15.0 Å². The van der Waals surface area contributed by atoms with Crippen LogP contribution < -0.4 is 11.2 Å². The van der Waals surface area contributed by atoms with Gasteiger partial charge in [-0.05, 0) is 31.4 Å². The minimum Gasteiger partial charge on any atom is -0.406 e. The Morgan fingerprint density at radius 3 is 2.42 bits per heavy atom. The highest BCUT2D eigenvalue weighted by Gasteiger charge is 2.80. The zero-order chi connectivity index (χ0) is 14.0. The molecule has 1 aromatic rings. The number of carbonyl (C=O) groups is 1. The van der Waals surface area contributed by atoms with Crippen LogP contribution in [0.25, 0.3) is 0 Å². The molecular formula is C11H12B2ClNO3S. The Morgan fingerprint density at radius 1 is 1.37 bits per heavy atom. The molecule has 2 N–H and O–H groups in total. The van der Waals surface area contributed by atoms with Gasteiger partial charge in [0.2, 0.25) is 5.91 Å². The third kappa shape index (κ3) is 1.69.